The Hall–Kier alpha value is -0.870. The summed E-state index contributed by atoms with van der Waals surface area (Å²) in [5, 5.41) is 12.5. The third kappa shape index (κ3) is 3.00. The maximum atomic E-state index is 12.1. The highest BCUT2D eigenvalue weighted by Crippen LogP contribution is 2.30. The average Bonchev–Trinajstić information content (AvgIpc) is 2.98. The first-order valence-electron chi connectivity index (χ1n) is 7.30. The van der Waals surface area contributed by atoms with E-state index in [1.54, 1.807) is 11.3 Å². The Kier molecular flexibility index (Phi) is 3.89. The van der Waals surface area contributed by atoms with Crippen molar-refractivity contribution in [2.75, 3.05) is 6.54 Å². The van der Waals surface area contributed by atoms with Gasteiger partial charge in [0, 0.05) is 11.4 Å². The molecule has 3 nitrogen and oxygen atoms in total. The van der Waals surface area contributed by atoms with Gasteiger partial charge in [-0.2, -0.15) is 0 Å². The normalized spacial score (nSPS) is 26.2. The summed E-state index contributed by atoms with van der Waals surface area (Å²) in [4.78, 5) is 14.4. The van der Waals surface area contributed by atoms with Gasteiger partial charge < -0.3 is 10.4 Å². The van der Waals surface area contributed by atoms with Gasteiger partial charge in [-0.05, 0) is 62.5 Å². The predicted octanol–water partition coefficient (Wildman–Crippen LogP) is 2.52. The van der Waals surface area contributed by atoms with Gasteiger partial charge in [0.15, 0.2) is 0 Å². The van der Waals surface area contributed by atoms with E-state index in [-0.39, 0.29) is 12.0 Å². The van der Waals surface area contributed by atoms with Crippen LogP contribution in [0.4, 0.5) is 0 Å². The number of hydrogen-bond acceptors (Lipinski definition) is 3. The van der Waals surface area contributed by atoms with Crippen LogP contribution in [-0.2, 0) is 12.8 Å². The molecule has 0 spiro atoms. The molecule has 2 N–H and O–H groups in total. The molecule has 2 aliphatic rings. The first-order chi connectivity index (χ1) is 9.22. The van der Waals surface area contributed by atoms with Crippen molar-refractivity contribution in [3.63, 3.8) is 0 Å². The van der Waals surface area contributed by atoms with Crippen LogP contribution in [0.3, 0.4) is 0 Å². The van der Waals surface area contributed by atoms with Crippen molar-refractivity contribution in [1.29, 1.82) is 0 Å². The maximum Gasteiger partial charge on any atom is 0.261 e. The minimum atomic E-state index is -0.118. The van der Waals surface area contributed by atoms with E-state index in [1.807, 2.05) is 0 Å². The standard InChI is InChI=1S/C15H21NO2S/c17-12-6-4-10(5-7-12)9-16-15(18)14-8-11-2-1-3-13(11)19-14/h8,10,12,17H,1-7,9H2,(H,16,18). The number of aryl methyl sites for hydroxylation is 2. The summed E-state index contributed by atoms with van der Waals surface area (Å²) >= 11 is 1.67. The molecule has 19 heavy (non-hydrogen) atoms. The largest absolute Gasteiger partial charge is 0.393 e. The van der Waals surface area contributed by atoms with Crippen LogP contribution in [0, 0.1) is 5.92 Å². The van der Waals surface area contributed by atoms with Crippen molar-refractivity contribution in [2.45, 2.75) is 51.0 Å². The number of carbonyl (C=O) groups excluding carboxylic acids is 1. The van der Waals surface area contributed by atoms with Crippen LogP contribution in [0.1, 0.15) is 52.2 Å². The SMILES string of the molecule is O=C(NCC1CCC(O)CC1)c1cc2c(s1)CCC2. The lowest BCUT2D eigenvalue weighted by molar-refractivity contribution is 0.0913. The van der Waals surface area contributed by atoms with Crippen molar-refractivity contribution in [1.82, 2.24) is 5.32 Å². The molecule has 2 aliphatic carbocycles. The Morgan fingerprint density at radius 3 is 2.84 bits per heavy atom. The molecular formula is C15H21NO2S. The molecule has 0 unspecified atom stereocenters. The molecule has 1 heterocycles. The lowest BCUT2D eigenvalue weighted by Crippen LogP contribution is -2.31. The number of carbonyl (C=O) groups is 1. The number of thiophene rings is 1. The Balaban J connectivity index is 1.51. The molecule has 0 atom stereocenters. The monoisotopic (exact) mass is 279 g/mol. The lowest BCUT2D eigenvalue weighted by atomic mass is 9.87. The Morgan fingerprint density at radius 1 is 1.32 bits per heavy atom. The molecule has 0 aliphatic heterocycles. The fraction of sp³-hybridized carbons (Fsp3) is 0.667. The molecule has 1 aromatic rings. The van der Waals surface area contributed by atoms with Gasteiger partial charge in [0.25, 0.3) is 5.91 Å². The number of nitrogens with one attached hydrogen (secondary N) is 1. The molecule has 0 radical (unpaired) electrons. The Bertz CT molecular complexity index is 439. The van der Waals surface area contributed by atoms with Crippen LogP contribution >= 0.6 is 11.3 Å². The van der Waals surface area contributed by atoms with E-state index in [0.29, 0.717) is 5.92 Å². The third-order valence-corrected chi connectivity index (χ3v) is 5.57. The molecule has 1 fully saturated rings. The lowest BCUT2D eigenvalue weighted by Gasteiger charge is -2.25. The van der Waals surface area contributed by atoms with Crippen molar-refractivity contribution < 1.29 is 9.90 Å². The summed E-state index contributed by atoms with van der Waals surface area (Å²) in [6, 6.07) is 2.08. The summed E-state index contributed by atoms with van der Waals surface area (Å²) in [7, 11) is 0. The van der Waals surface area contributed by atoms with E-state index >= 15 is 0 Å². The zero-order valence-corrected chi connectivity index (χ0v) is 12.0. The molecule has 0 aromatic carbocycles. The van der Waals surface area contributed by atoms with Crippen LogP contribution in [0.25, 0.3) is 0 Å². The van der Waals surface area contributed by atoms with Gasteiger partial charge in [0.05, 0.1) is 11.0 Å². The first-order valence-corrected chi connectivity index (χ1v) is 8.12. The van der Waals surface area contributed by atoms with Crippen molar-refractivity contribution in [3.05, 3.63) is 21.4 Å². The van der Waals surface area contributed by atoms with Gasteiger partial charge in [0.2, 0.25) is 0 Å². The molecule has 1 aromatic heterocycles. The number of aliphatic hydroxyl groups excluding tert-OH is 1. The summed E-state index contributed by atoms with van der Waals surface area (Å²) in [5.41, 5.74) is 1.39. The van der Waals surface area contributed by atoms with E-state index in [2.05, 4.69) is 11.4 Å². The number of hydrogen-bond donors (Lipinski definition) is 2. The van der Waals surface area contributed by atoms with Crippen LogP contribution in [0.2, 0.25) is 0 Å². The van der Waals surface area contributed by atoms with Crippen molar-refractivity contribution in [3.8, 4) is 0 Å². The van der Waals surface area contributed by atoms with E-state index in [9.17, 15) is 9.90 Å². The van der Waals surface area contributed by atoms with Gasteiger partial charge in [-0.25, -0.2) is 0 Å². The highest BCUT2D eigenvalue weighted by atomic mass is 32.1. The highest BCUT2D eigenvalue weighted by molar-refractivity contribution is 7.14. The summed E-state index contributed by atoms with van der Waals surface area (Å²) in [6.07, 6.45) is 7.24. The smallest absolute Gasteiger partial charge is 0.261 e. The maximum absolute atomic E-state index is 12.1. The van der Waals surface area contributed by atoms with Crippen molar-refractivity contribution >= 4 is 17.2 Å². The Labute approximate surface area is 118 Å². The molecule has 104 valence electrons. The van der Waals surface area contributed by atoms with Crippen LogP contribution in [0.5, 0.6) is 0 Å². The fourth-order valence-corrected chi connectivity index (χ4v) is 4.28. The predicted molar refractivity (Wildman–Crippen MR) is 76.6 cm³/mol. The molecule has 1 saturated carbocycles. The highest BCUT2D eigenvalue weighted by Gasteiger charge is 2.21. The molecule has 1 amide bonds. The first kappa shape index (κ1) is 13.1. The summed E-state index contributed by atoms with van der Waals surface area (Å²) in [5.74, 6) is 0.629. The van der Waals surface area contributed by atoms with Gasteiger partial charge in [-0.3, -0.25) is 4.79 Å². The molecule has 0 saturated heterocycles. The summed E-state index contributed by atoms with van der Waals surface area (Å²) in [6.45, 7) is 0.758. The van der Waals surface area contributed by atoms with E-state index < -0.39 is 0 Å². The topological polar surface area (TPSA) is 49.3 Å². The zero-order valence-electron chi connectivity index (χ0n) is 11.2. The summed E-state index contributed by atoms with van der Waals surface area (Å²) < 4.78 is 0. The zero-order chi connectivity index (χ0) is 13.2. The number of aliphatic hydroxyl groups is 1. The molecule has 0 bridgehead atoms. The quantitative estimate of drug-likeness (QED) is 0.893. The molecule has 3 rings (SSSR count). The second-order valence-corrected chi connectivity index (χ2v) is 6.93. The minimum absolute atomic E-state index is 0.0884. The van der Waals surface area contributed by atoms with E-state index in [0.717, 1.165) is 49.9 Å². The molecule has 4 heteroatoms. The van der Waals surface area contributed by atoms with Crippen molar-refractivity contribution in [2.24, 2.45) is 5.92 Å². The van der Waals surface area contributed by atoms with Gasteiger partial charge in [-0.15, -0.1) is 11.3 Å². The van der Waals surface area contributed by atoms with Crippen LogP contribution in [-0.4, -0.2) is 23.7 Å². The Morgan fingerprint density at radius 2 is 2.11 bits per heavy atom. The fourth-order valence-electron chi connectivity index (χ4n) is 3.11. The second kappa shape index (κ2) is 5.63. The average molecular weight is 279 g/mol. The number of fused-ring (bicyclic) bond motifs is 1. The van der Waals surface area contributed by atoms with Crippen LogP contribution < -0.4 is 5.32 Å². The molecular weight excluding hydrogens is 258 g/mol. The third-order valence-electron chi connectivity index (χ3n) is 4.34. The van der Waals surface area contributed by atoms with E-state index in [1.165, 1.54) is 16.9 Å². The van der Waals surface area contributed by atoms with Gasteiger partial charge >= 0.3 is 0 Å². The second-order valence-electron chi connectivity index (χ2n) is 5.80. The van der Waals surface area contributed by atoms with Gasteiger partial charge in [-0.1, -0.05) is 0 Å². The minimum Gasteiger partial charge on any atom is -0.393 e. The van der Waals surface area contributed by atoms with Crippen LogP contribution in [0.15, 0.2) is 6.07 Å². The van der Waals surface area contributed by atoms with Gasteiger partial charge in [0.1, 0.15) is 0 Å². The number of amides is 1. The van der Waals surface area contributed by atoms with E-state index in [4.69, 9.17) is 0 Å². The number of rotatable bonds is 3.